The van der Waals surface area contributed by atoms with Crippen molar-refractivity contribution in [3.05, 3.63) is 46.3 Å². The molecule has 0 spiro atoms. The van der Waals surface area contributed by atoms with Crippen LogP contribution in [0.25, 0.3) is 0 Å². The Hall–Kier alpha value is -3.03. The fourth-order valence-corrected chi connectivity index (χ4v) is 1.40. The van der Waals surface area contributed by atoms with Crippen molar-refractivity contribution in [1.82, 2.24) is 9.97 Å². The molecule has 1 heterocycles. The van der Waals surface area contributed by atoms with Crippen LogP contribution in [0.3, 0.4) is 0 Å². The van der Waals surface area contributed by atoms with Gasteiger partial charge in [-0.1, -0.05) is 0 Å². The minimum Gasteiger partial charge on any atom is -0.493 e. The van der Waals surface area contributed by atoms with E-state index in [-0.39, 0.29) is 17.4 Å². The Labute approximate surface area is 113 Å². The van der Waals surface area contributed by atoms with E-state index in [2.05, 4.69) is 9.97 Å². The van der Waals surface area contributed by atoms with Gasteiger partial charge >= 0.3 is 6.01 Å². The topological polar surface area (TPSA) is 104 Å². The van der Waals surface area contributed by atoms with Gasteiger partial charge in [0.1, 0.15) is 0 Å². The number of nitrogens with zero attached hydrogens (tertiary/aromatic N) is 3. The number of methoxy groups -OCH3 is 1. The second kappa shape index (κ2) is 5.74. The number of aromatic nitrogens is 2. The van der Waals surface area contributed by atoms with Crippen LogP contribution in [0.5, 0.6) is 17.5 Å². The van der Waals surface area contributed by atoms with Crippen LogP contribution in [0.15, 0.2) is 30.6 Å². The number of nitro benzene ring substituents is 1. The van der Waals surface area contributed by atoms with Crippen molar-refractivity contribution < 1.29 is 19.2 Å². The highest BCUT2D eigenvalue weighted by atomic mass is 16.6. The van der Waals surface area contributed by atoms with Gasteiger partial charge in [0.2, 0.25) is 0 Å². The predicted molar refractivity (Wildman–Crippen MR) is 67.1 cm³/mol. The lowest BCUT2D eigenvalue weighted by molar-refractivity contribution is -0.384. The summed E-state index contributed by atoms with van der Waals surface area (Å²) in [5.41, 5.74) is 0.147. The van der Waals surface area contributed by atoms with Crippen LogP contribution in [0.1, 0.15) is 10.4 Å². The average molecular weight is 275 g/mol. The molecule has 0 unspecified atom stereocenters. The van der Waals surface area contributed by atoms with Gasteiger partial charge in [0, 0.05) is 18.5 Å². The number of rotatable bonds is 5. The summed E-state index contributed by atoms with van der Waals surface area (Å²) in [7, 11) is 1.41. The van der Waals surface area contributed by atoms with Crippen LogP contribution >= 0.6 is 0 Å². The second-order valence-corrected chi connectivity index (χ2v) is 3.61. The largest absolute Gasteiger partial charge is 0.493 e. The molecule has 0 saturated heterocycles. The quantitative estimate of drug-likeness (QED) is 0.466. The number of benzene rings is 1. The molecule has 0 aliphatic carbocycles. The Morgan fingerprint density at radius 1 is 1.25 bits per heavy atom. The number of carbonyl (C=O) groups excluding carboxylic acids is 1. The van der Waals surface area contributed by atoms with E-state index in [0.717, 1.165) is 0 Å². The molecule has 1 aromatic heterocycles. The first kappa shape index (κ1) is 13.4. The maximum absolute atomic E-state index is 10.7. The molecule has 2 aromatic rings. The van der Waals surface area contributed by atoms with Crippen molar-refractivity contribution in [2.45, 2.75) is 0 Å². The lowest BCUT2D eigenvalue weighted by Gasteiger charge is -2.08. The molecule has 2 rings (SSSR count). The van der Waals surface area contributed by atoms with Crippen molar-refractivity contribution in [3.63, 3.8) is 0 Å². The molecule has 20 heavy (non-hydrogen) atoms. The zero-order chi connectivity index (χ0) is 14.5. The molecule has 8 nitrogen and oxygen atoms in total. The molecule has 8 heteroatoms. The van der Waals surface area contributed by atoms with Crippen molar-refractivity contribution in [2.24, 2.45) is 0 Å². The molecule has 0 radical (unpaired) electrons. The predicted octanol–water partition coefficient (Wildman–Crippen LogP) is 2.00. The number of hydrogen-bond donors (Lipinski definition) is 0. The van der Waals surface area contributed by atoms with Crippen LogP contribution in [-0.2, 0) is 0 Å². The van der Waals surface area contributed by atoms with Crippen molar-refractivity contribution in [3.8, 4) is 17.5 Å². The highest BCUT2D eigenvalue weighted by Crippen LogP contribution is 2.33. The normalized spacial score (nSPS) is 9.85. The molecule has 0 aliphatic heterocycles. The third-order valence-corrected chi connectivity index (χ3v) is 2.34. The van der Waals surface area contributed by atoms with Crippen LogP contribution < -0.4 is 9.47 Å². The second-order valence-electron chi connectivity index (χ2n) is 3.61. The van der Waals surface area contributed by atoms with Gasteiger partial charge in [-0.3, -0.25) is 14.9 Å². The van der Waals surface area contributed by atoms with Crippen LogP contribution in [0, 0.1) is 10.1 Å². The fraction of sp³-hybridized carbons (Fsp3) is 0.0833. The average Bonchev–Trinajstić information content (AvgIpc) is 2.48. The van der Waals surface area contributed by atoms with Gasteiger partial charge in [-0.05, 0) is 6.07 Å². The summed E-state index contributed by atoms with van der Waals surface area (Å²) in [4.78, 5) is 28.3. The Kier molecular flexibility index (Phi) is 3.85. The van der Waals surface area contributed by atoms with E-state index in [4.69, 9.17) is 9.47 Å². The molecule has 0 N–H and O–H groups in total. The van der Waals surface area contributed by atoms with Crippen molar-refractivity contribution in [2.75, 3.05) is 7.11 Å². The Morgan fingerprint density at radius 3 is 2.50 bits per heavy atom. The standard InChI is InChI=1S/C12H9N3O5/c1-19-10-3-2-9(15(17)18)4-11(10)20-12-13-5-8(7-16)6-14-12/h2-7H,1H3. The maximum atomic E-state index is 10.7. The third kappa shape index (κ3) is 2.86. The highest BCUT2D eigenvalue weighted by molar-refractivity contribution is 5.73. The van der Waals surface area contributed by atoms with E-state index in [9.17, 15) is 14.9 Å². The van der Waals surface area contributed by atoms with Crippen molar-refractivity contribution in [1.29, 1.82) is 0 Å². The molecule has 0 aliphatic rings. The summed E-state index contributed by atoms with van der Waals surface area (Å²) < 4.78 is 10.4. The Balaban J connectivity index is 2.32. The summed E-state index contributed by atoms with van der Waals surface area (Å²) >= 11 is 0. The van der Waals surface area contributed by atoms with E-state index in [0.29, 0.717) is 17.6 Å². The molecular formula is C12H9N3O5. The van der Waals surface area contributed by atoms with Gasteiger partial charge in [-0.15, -0.1) is 0 Å². The van der Waals surface area contributed by atoms with Gasteiger partial charge in [-0.2, -0.15) is 0 Å². The van der Waals surface area contributed by atoms with E-state index in [1.54, 1.807) is 0 Å². The number of ether oxygens (including phenoxy) is 2. The maximum Gasteiger partial charge on any atom is 0.322 e. The van der Waals surface area contributed by atoms with Crippen LogP contribution in [0.2, 0.25) is 0 Å². The highest BCUT2D eigenvalue weighted by Gasteiger charge is 2.14. The zero-order valence-corrected chi connectivity index (χ0v) is 10.3. The van der Waals surface area contributed by atoms with Crippen molar-refractivity contribution >= 4 is 12.0 Å². The molecule has 1 aromatic carbocycles. The number of nitro groups is 1. The number of hydrogen-bond acceptors (Lipinski definition) is 7. The zero-order valence-electron chi connectivity index (χ0n) is 10.3. The minimum absolute atomic E-state index is 0.0469. The van der Waals surface area contributed by atoms with Gasteiger partial charge < -0.3 is 9.47 Å². The van der Waals surface area contributed by atoms with Gasteiger partial charge in [0.15, 0.2) is 17.8 Å². The Bertz CT molecular complexity index is 642. The van der Waals surface area contributed by atoms with E-state index >= 15 is 0 Å². The molecule has 0 bridgehead atoms. The van der Waals surface area contributed by atoms with E-state index < -0.39 is 4.92 Å². The molecule has 0 saturated carbocycles. The fourth-order valence-electron chi connectivity index (χ4n) is 1.40. The van der Waals surface area contributed by atoms with Gasteiger partial charge in [0.25, 0.3) is 5.69 Å². The summed E-state index contributed by atoms with van der Waals surface area (Å²) in [5, 5.41) is 10.7. The van der Waals surface area contributed by atoms with Crippen LogP contribution in [0.4, 0.5) is 5.69 Å². The minimum atomic E-state index is -0.553. The van der Waals surface area contributed by atoms with E-state index in [1.165, 1.54) is 37.7 Å². The SMILES string of the molecule is COc1ccc([N+](=O)[O-])cc1Oc1ncc(C=O)cn1. The van der Waals surface area contributed by atoms with Crippen LogP contribution in [-0.4, -0.2) is 28.3 Å². The first-order valence-electron chi connectivity index (χ1n) is 5.41. The molecule has 102 valence electrons. The van der Waals surface area contributed by atoms with E-state index in [1.807, 2.05) is 0 Å². The summed E-state index contributed by atoms with van der Waals surface area (Å²) in [5.74, 6) is 0.416. The first-order chi connectivity index (χ1) is 9.63. The number of aldehydes is 1. The molecule has 0 fully saturated rings. The smallest absolute Gasteiger partial charge is 0.322 e. The third-order valence-electron chi connectivity index (χ3n) is 2.34. The summed E-state index contributed by atoms with van der Waals surface area (Å²) in [6.07, 6.45) is 3.15. The molecular weight excluding hydrogens is 266 g/mol. The lowest BCUT2D eigenvalue weighted by Crippen LogP contribution is -1.97. The monoisotopic (exact) mass is 275 g/mol. The first-order valence-corrected chi connectivity index (χ1v) is 5.41. The summed E-state index contributed by atoms with van der Waals surface area (Å²) in [6, 6.07) is 3.86. The number of non-ortho nitro benzene ring substituents is 1. The molecule has 0 atom stereocenters. The Morgan fingerprint density at radius 2 is 1.95 bits per heavy atom. The molecule has 0 amide bonds. The van der Waals surface area contributed by atoms with Gasteiger partial charge in [0.05, 0.1) is 23.7 Å². The summed E-state index contributed by atoms with van der Waals surface area (Å²) in [6.45, 7) is 0. The van der Waals surface area contributed by atoms with Gasteiger partial charge in [-0.25, -0.2) is 9.97 Å². The number of carbonyl (C=O) groups is 1. The lowest BCUT2D eigenvalue weighted by atomic mass is 10.3.